The van der Waals surface area contributed by atoms with Crippen LogP contribution >= 0.6 is 0 Å². The molecule has 12 heavy (non-hydrogen) atoms. The minimum Gasteiger partial charge on any atom is -0.348 e. The van der Waals surface area contributed by atoms with E-state index in [0.29, 0.717) is 5.56 Å². The Morgan fingerprint density at radius 2 is 2.42 bits per heavy atom. The van der Waals surface area contributed by atoms with Crippen molar-refractivity contribution in [2.24, 2.45) is 7.05 Å². The van der Waals surface area contributed by atoms with Gasteiger partial charge in [0.15, 0.2) is 0 Å². The molecule has 0 saturated carbocycles. The number of hydrogen-bond acceptors (Lipinski definition) is 2. The van der Waals surface area contributed by atoms with Crippen molar-refractivity contribution >= 4 is 11.0 Å². The van der Waals surface area contributed by atoms with Crippen LogP contribution in [0.3, 0.4) is 0 Å². The van der Waals surface area contributed by atoms with Crippen LogP contribution in [0.5, 0.6) is 0 Å². The first kappa shape index (κ1) is 6.86. The lowest BCUT2D eigenvalue weighted by Crippen LogP contribution is -1.82. The number of fused-ring (bicyclic) bond motifs is 1. The minimum atomic E-state index is 0.633. The highest BCUT2D eigenvalue weighted by Crippen LogP contribution is 2.15. The third-order valence-electron chi connectivity index (χ3n) is 1.86. The van der Waals surface area contributed by atoms with Gasteiger partial charge in [0, 0.05) is 19.4 Å². The lowest BCUT2D eigenvalue weighted by Gasteiger charge is -1.91. The smallest absolute Gasteiger partial charge is 0.106 e. The van der Waals surface area contributed by atoms with Gasteiger partial charge < -0.3 is 4.57 Å². The normalized spacial score (nSPS) is 10.0. The molecule has 0 bridgehead atoms. The quantitative estimate of drug-likeness (QED) is 0.580. The Morgan fingerprint density at radius 3 is 3.17 bits per heavy atom. The molecule has 3 nitrogen and oxygen atoms in total. The van der Waals surface area contributed by atoms with Crippen LogP contribution in [0, 0.1) is 11.3 Å². The summed E-state index contributed by atoms with van der Waals surface area (Å²) in [5.41, 5.74) is 2.41. The van der Waals surface area contributed by atoms with Gasteiger partial charge in [0.1, 0.15) is 11.6 Å². The van der Waals surface area contributed by atoms with Gasteiger partial charge in [-0.3, -0.25) is 4.98 Å². The van der Waals surface area contributed by atoms with Gasteiger partial charge >= 0.3 is 0 Å². The van der Waals surface area contributed by atoms with E-state index < -0.39 is 0 Å². The van der Waals surface area contributed by atoms with Gasteiger partial charge in [-0.1, -0.05) is 0 Å². The van der Waals surface area contributed by atoms with Crippen LogP contribution in [-0.2, 0) is 7.05 Å². The van der Waals surface area contributed by atoms with Crippen molar-refractivity contribution in [1.82, 2.24) is 9.55 Å². The van der Waals surface area contributed by atoms with E-state index in [1.807, 2.05) is 23.7 Å². The molecule has 2 aromatic heterocycles. The van der Waals surface area contributed by atoms with Gasteiger partial charge in [0.25, 0.3) is 0 Å². The summed E-state index contributed by atoms with van der Waals surface area (Å²) in [6, 6.07) is 5.92. The first-order valence-electron chi connectivity index (χ1n) is 3.63. The Kier molecular flexibility index (Phi) is 1.34. The Bertz CT molecular complexity index is 462. The second-order valence-corrected chi connectivity index (χ2v) is 2.64. The zero-order chi connectivity index (χ0) is 8.55. The Hall–Kier alpha value is -1.82. The molecule has 0 atom stereocenters. The highest BCUT2D eigenvalue weighted by molar-refractivity contribution is 5.81. The molecule has 0 saturated heterocycles. The minimum absolute atomic E-state index is 0.633. The molecule has 2 heterocycles. The summed E-state index contributed by atoms with van der Waals surface area (Å²) in [6.07, 6.45) is 3.49. The number of aryl methyl sites for hydroxylation is 1. The maximum Gasteiger partial charge on any atom is 0.106 e. The molecule has 2 rings (SSSR count). The predicted octanol–water partition coefficient (Wildman–Crippen LogP) is 1.44. The van der Waals surface area contributed by atoms with Crippen LogP contribution in [0.15, 0.2) is 24.5 Å². The van der Waals surface area contributed by atoms with Crippen LogP contribution in [0.1, 0.15) is 5.56 Å². The SMILES string of the molecule is Cn1cc(C#N)c2ncccc21. The summed E-state index contributed by atoms with van der Waals surface area (Å²) >= 11 is 0. The highest BCUT2D eigenvalue weighted by atomic mass is 14.9. The molecule has 2 aromatic rings. The molecule has 0 aromatic carbocycles. The Labute approximate surface area is 69.9 Å². The van der Waals surface area contributed by atoms with Gasteiger partial charge in [-0.05, 0) is 12.1 Å². The monoisotopic (exact) mass is 157 g/mol. The molecule has 0 aliphatic carbocycles. The van der Waals surface area contributed by atoms with Gasteiger partial charge in [0.2, 0.25) is 0 Å². The summed E-state index contributed by atoms with van der Waals surface area (Å²) in [5, 5.41) is 8.75. The molecule has 0 fully saturated rings. The van der Waals surface area contributed by atoms with Gasteiger partial charge in [-0.15, -0.1) is 0 Å². The van der Waals surface area contributed by atoms with Crippen LogP contribution in [0.2, 0.25) is 0 Å². The summed E-state index contributed by atoms with van der Waals surface area (Å²) in [5.74, 6) is 0. The average Bonchev–Trinajstić information content (AvgIpc) is 2.44. The van der Waals surface area contributed by atoms with Crippen molar-refractivity contribution in [1.29, 1.82) is 5.26 Å². The maximum absolute atomic E-state index is 8.75. The van der Waals surface area contributed by atoms with Crippen LogP contribution in [0.4, 0.5) is 0 Å². The number of aromatic nitrogens is 2. The fourth-order valence-electron chi connectivity index (χ4n) is 1.30. The third kappa shape index (κ3) is 0.785. The lowest BCUT2D eigenvalue weighted by atomic mass is 10.3. The molecule has 0 aliphatic rings. The number of nitrogens with zero attached hydrogens (tertiary/aromatic N) is 3. The largest absolute Gasteiger partial charge is 0.348 e. The first-order valence-corrected chi connectivity index (χ1v) is 3.63. The van der Waals surface area contributed by atoms with Gasteiger partial charge in [-0.25, -0.2) is 0 Å². The third-order valence-corrected chi connectivity index (χ3v) is 1.86. The fourth-order valence-corrected chi connectivity index (χ4v) is 1.30. The van der Waals surface area contributed by atoms with Gasteiger partial charge in [-0.2, -0.15) is 5.26 Å². The van der Waals surface area contributed by atoms with E-state index in [2.05, 4.69) is 11.1 Å². The van der Waals surface area contributed by atoms with Crippen LogP contribution in [0.25, 0.3) is 11.0 Å². The van der Waals surface area contributed by atoms with E-state index >= 15 is 0 Å². The Morgan fingerprint density at radius 1 is 1.58 bits per heavy atom. The second kappa shape index (κ2) is 2.35. The number of nitriles is 1. The van der Waals surface area contributed by atoms with E-state index in [9.17, 15) is 0 Å². The summed E-state index contributed by atoms with van der Waals surface area (Å²) in [4.78, 5) is 4.13. The van der Waals surface area contributed by atoms with E-state index in [1.54, 1.807) is 12.4 Å². The molecule has 0 aliphatic heterocycles. The molecular weight excluding hydrogens is 150 g/mol. The number of rotatable bonds is 0. The topological polar surface area (TPSA) is 41.6 Å². The Balaban J connectivity index is 2.94. The summed E-state index contributed by atoms with van der Waals surface area (Å²) < 4.78 is 1.90. The van der Waals surface area contributed by atoms with Gasteiger partial charge in [0.05, 0.1) is 11.1 Å². The number of pyridine rings is 1. The molecule has 0 unspecified atom stereocenters. The van der Waals surface area contributed by atoms with Crippen molar-refractivity contribution in [3.05, 3.63) is 30.1 Å². The van der Waals surface area contributed by atoms with Crippen molar-refractivity contribution in [3.63, 3.8) is 0 Å². The first-order chi connectivity index (χ1) is 5.83. The van der Waals surface area contributed by atoms with Crippen molar-refractivity contribution in [2.75, 3.05) is 0 Å². The highest BCUT2D eigenvalue weighted by Gasteiger charge is 2.04. The van der Waals surface area contributed by atoms with E-state index in [0.717, 1.165) is 11.0 Å². The van der Waals surface area contributed by atoms with Crippen molar-refractivity contribution < 1.29 is 0 Å². The van der Waals surface area contributed by atoms with Crippen molar-refractivity contribution in [3.8, 4) is 6.07 Å². The molecular formula is C9H7N3. The van der Waals surface area contributed by atoms with Crippen molar-refractivity contribution in [2.45, 2.75) is 0 Å². The van der Waals surface area contributed by atoms with E-state index in [-0.39, 0.29) is 0 Å². The fraction of sp³-hybridized carbons (Fsp3) is 0.111. The predicted molar refractivity (Wildman–Crippen MR) is 45.4 cm³/mol. The summed E-state index contributed by atoms with van der Waals surface area (Å²) in [7, 11) is 1.91. The standard InChI is InChI=1S/C9H7N3/c1-12-6-7(5-10)9-8(12)3-2-4-11-9/h2-4,6H,1H3. The lowest BCUT2D eigenvalue weighted by molar-refractivity contribution is 0.966. The molecule has 58 valence electrons. The molecule has 0 amide bonds. The van der Waals surface area contributed by atoms with E-state index in [4.69, 9.17) is 5.26 Å². The molecule has 3 heteroatoms. The molecule has 0 spiro atoms. The van der Waals surface area contributed by atoms with Crippen LogP contribution in [-0.4, -0.2) is 9.55 Å². The molecule has 0 N–H and O–H groups in total. The average molecular weight is 157 g/mol. The molecule has 0 radical (unpaired) electrons. The second-order valence-electron chi connectivity index (χ2n) is 2.64. The maximum atomic E-state index is 8.75. The summed E-state index contributed by atoms with van der Waals surface area (Å²) in [6.45, 7) is 0. The zero-order valence-electron chi connectivity index (χ0n) is 6.65. The van der Waals surface area contributed by atoms with E-state index in [1.165, 1.54) is 0 Å². The zero-order valence-corrected chi connectivity index (χ0v) is 6.65. The van der Waals surface area contributed by atoms with Crippen LogP contribution < -0.4 is 0 Å². The number of hydrogen-bond donors (Lipinski definition) is 0.